The van der Waals surface area contributed by atoms with Crippen molar-refractivity contribution in [3.8, 4) is 0 Å². The second kappa shape index (κ2) is 5.92. The molecule has 0 aromatic rings. The Morgan fingerprint density at radius 1 is 0.955 bits per heavy atom. The van der Waals surface area contributed by atoms with E-state index < -0.39 is 0 Å². The Morgan fingerprint density at radius 3 is 2.68 bits per heavy atom. The molecule has 0 amide bonds. The normalized spacial score (nSPS) is 42.8. The highest BCUT2D eigenvalue weighted by Crippen LogP contribution is 2.47. The molecule has 2 aliphatic heterocycles. The van der Waals surface area contributed by atoms with Crippen LogP contribution in [0.2, 0.25) is 0 Å². The summed E-state index contributed by atoms with van der Waals surface area (Å²) in [5.74, 6) is 1.08. The molecule has 5 unspecified atom stereocenters. The quantitative estimate of drug-likeness (QED) is 0.645. The lowest BCUT2D eigenvalue weighted by molar-refractivity contribution is -0.140. The van der Waals surface area contributed by atoms with Crippen LogP contribution in [0.3, 0.4) is 0 Å². The molecule has 5 atom stereocenters. The molecule has 0 bridgehead atoms. The zero-order valence-corrected chi connectivity index (χ0v) is 13.4. The predicted octanol–water partition coefficient (Wildman–Crippen LogP) is 3.13. The summed E-state index contributed by atoms with van der Waals surface area (Å²) in [6.45, 7) is 1.07. The zero-order chi connectivity index (χ0) is 15.1. The van der Waals surface area contributed by atoms with E-state index in [4.69, 9.17) is 0 Å². The Bertz CT molecular complexity index is 498. The average Bonchev–Trinajstić information content (AvgIpc) is 3.05. The highest BCUT2D eigenvalue weighted by atomic mass is 16.1. The lowest BCUT2D eigenvalue weighted by atomic mass is 9.62. The van der Waals surface area contributed by atoms with Gasteiger partial charge in [0.25, 0.3) is 0 Å². The van der Waals surface area contributed by atoms with Gasteiger partial charge in [-0.25, -0.2) is 0 Å². The van der Waals surface area contributed by atoms with Crippen molar-refractivity contribution < 1.29 is 9.59 Å². The average molecular weight is 301 g/mol. The number of Topliss-reactive ketones (excluding diaryl/α,β-unsaturated/α-hetero) is 2. The summed E-state index contributed by atoms with van der Waals surface area (Å²) in [5.41, 5.74) is 0. The van der Waals surface area contributed by atoms with Crippen molar-refractivity contribution in [2.45, 2.75) is 69.9 Å². The molecule has 0 spiro atoms. The Hall–Kier alpha value is -0.960. The first-order valence-corrected chi connectivity index (χ1v) is 9.26. The van der Waals surface area contributed by atoms with E-state index in [-0.39, 0.29) is 17.9 Å². The van der Waals surface area contributed by atoms with Crippen molar-refractivity contribution in [2.75, 3.05) is 6.54 Å². The largest absolute Gasteiger partial charge is 0.299 e. The number of hydrogen-bond donors (Lipinski definition) is 0. The molecule has 1 saturated carbocycles. The predicted molar refractivity (Wildman–Crippen MR) is 85.5 cm³/mol. The first-order valence-electron chi connectivity index (χ1n) is 9.26. The van der Waals surface area contributed by atoms with Crippen molar-refractivity contribution >= 4 is 11.6 Å². The number of nitrogens with zero attached hydrogens (tertiary/aromatic N) is 1. The highest BCUT2D eigenvalue weighted by molar-refractivity contribution is 5.98. The number of carbonyl (C=O) groups is 2. The third-order valence-corrected chi connectivity index (χ3v) is 6.45. The first-order chi connectivity index (χ1) is 10.8. The van der Waals surface area contributed by atoms with Crippen LogP contribution in [-0.4, -0.2) is 35.1 Å². The minimum absolute atomic E-state index is 0.000580. The van der Waals surface area contributed by atoms with Gasteiger partial charge in [0.15, 0.2) is 5.78 Å². The molecule has 22 heavy (non-hydrogen) atoms. The molecule has 120 valence electrons. The van der Waals surface area contributed by atoms with Gasteiger partial charge in [-0.05, 0) is 44.6 Å². The molecule has 2 saturated heterocycles. The fraction of sp³-hybridized carbons (Fsp3) is 0.789. The van der Waals surface area contributed by atoms with Gasteiger partial charge in [0.2, 0.25) is 0 Å². The standard InChI is InChI=1S/C19H27NO2/c21-16-12-13-8-5-3-1-2-4-6-9-14-18(17(13)16)19(22)15-10-7-11-20(14)15/h5,8,13-15,17-18H,1-4,6-7,9-12H2. The van der Waals surface area contributed by atoms with E-state index in [9.17, 15) is 9.59 Å². The van der Waals surface area contributed by atoms with Gasteiger partial charge in [0.1, 0.15) is 5.78 Å². The van der Waals surface area contributed by atoms with Crippen molar-refractivity contribution in [1.29, 1.82) is 0 Å². The van der Waals surface area contributed by atoms with Crippen LogP contribution in [0.5, 0.6) is 0 Å². The van der Waals surface area contributed by atoms with Gasteiger partial charge < -0.3 is 0 Å². The minimum atomic E-state index is -0.00113. The fourth-order valence-electron chi connectivity index (χ4n) is 5.34. The van der Waals surface area contributed by atoms with Crippen molar-refractivity contribution in [1.82, 2.24) is 4.90 Å². The van der Waals surface area contributed by atoms with Crippen molar-refractivity contribution in [3.63, 3.8) is 0 Å². The Kier molecular flexibility index (Phi) is 3.93. The molecule has 0 aromatic heterocycles. The zero-order valence-electron chi connectivity index (χ0n) is 13.4. The van der Waals surface area contributed by atoms with Crippen LogP contribution >= 0.6 is 0 Å². The number of allylic oxidation sites excluding steroid dienone is 2. The summed E-state index contributed by atoms with van der Waals surface area (Å²) in [5, 5.41) is 0. The molecule has 3 nitrogen and oxygen atoms in total. The third kappa shape index (κ3) is 2.29. The van der Waals surface area contributed by atoms with Gasteiger partial charge in [0, 0.05) is 24.3 Å². The van der Waals surface area contributed by atoms with Crippen LogP contribution in [0.15, 0.2) is 12.2 Å². The number of rotatable bonds is 0. The van der Waals surface area contributed by atoms with Gasteiger partial charge >= 0.3 is 0 Å². The van der Waals surface area contributed by atoms with Crippen molar-refractivity contribution in [3.05, 3.63) is 12.2 Å². The number of fused-ring (bicyclic) bond motifs is 5. The summed E-state index contributed by atoms with van der Waals surface area (Å²) in [6.07, 6.45) is 14.7. The molecule has 2 heterocycles. The SMILES string of the molecule is O=C1CC2C=CCCCCCCC3C(C(=O)C4CCCN43)C12. The topological polar surface area (TPSA) is 37.4 Å². The van der Waals surface area contributed by atoms with Crippen LogP contribution in [0.4, 0.5) is 0 Å². The summed E-state index contributed by atoms with van der Waals surface area (Å²) < 4.78 is 0. The fourth-order valence-corrected chi connectivity index (χ4v) is 5.34. The van der Waals surface area contributed by atoms with Crippen LogP contribution < -0.4 is 0 Å². The molecule has 0 N–H and O–H groups in total. The molecule has 3 fully saturated rings. The van der Waals surface area contributed by atoms with Gasteiger partial charge in [-0.2, -0.15) is 0 Å². The van der Waals surface area contributed by atoms with Gasteiger partial charge in [-0.1, -0.05) is 31.4 Å². The maximum absolute atomic E-state index is 13.0. The van der Waals surface area contributed by atoms with Gasteiger partial charge in [-0.15, -0.1) is 0 Å². The van der Waals surface area contributed by atoms with Gasteiger partial charge in [-0.3, -0.25) is 14.5 Å². The molecule has 4 aliphatic rings. The molecule has 2 aliphatic carbocycles. The first kappa shape index (κ1) is 14.6. The lowest BCUT2D eigenvalue weighted by Crippen LogP contribution is -2.48. The second-order valence-corrected chi connectivity index (χ2v) is 7.67. The maximum atomic E-state index is 13.0. The summed E-state index contributed by atoms with van der Waals surface area (Å²) >= 11 is 0. The van der Waals surface area contributed by atoms with Crippen LogP contribution in [0, 0.1) is 17.8 Å². The molecule has 0 radical (unpaired) electrons. The monoisotopic (exact) mass is 301 g/mol. The van der Waals surface area contributed by atoms with Crippen LogP contribution in [0.25, 0.3) is 0 Å². The summed E-state index contributed by atoms with van der Waals surface area (Å²) in [6, 6.07) is 0.489. The van der Waals surface area contributed by atoms with Crippen LogP contribution in [0.1, 0.15) is 57.8 Å². The van der Waals surface area contributed by atoms with E-state index in [1.54, 1.807) is 0 Å². The number of carbonyl (C=O) groups excluding carboxylic acids is 2. The molecule has 0 aromatic carbocycles. The summed E-state index contributed by atoms with van der Waals surface area (Å²) in [4.78, 5) is 27.7. The van der Waals surface area contributed by atoms with E-state index in [0.29, 0.717) is 29.9 Å². The number of ketones is 2. The van der Waals surface area contributed by atoms with E-state index in [2.05, 4.69) is 17.1 Å². The van der Waals surface area contributed by atoms with Crippen LogP contribution in [-0.2, 0) is 9.59 Å². The van der Waals surface area contributed by atoms with E-state index in [0.717, 1.165) is 32.2 Å². The molecular formula is C19H27NO2. The Labute approximate surface area is 133 Å². The van der Waals surface area contributed by atoms with E-state index in [1.165, 1.54) is 25.7 Å². The summed E-state index contributed by atoms with van der Waals surface area (Å²) in [7, 11) is 0. The smallest absolute Gasteiger partial charge is 0.155 e. The second-order valence-electron chi connectivity index (χ2n) is 7.67. The van der Waals surface area contributed by atoms with E-state index >= 15 is 0 Å². The Balaban J connectivity index is 1.63. The van der Waals surface area contributed by atoms with Gasteiger partial charge in [0.05, 0.1) is 6.04 Å². The molecule has 3 heteroatoms. The highest BCUT2D eigenvalue weighted by Gasteiger charge is 2.57. The minimum Gasteiger partial charge on any atom is -0.299 e. The third-order valence-electron chi connectivity index (χ3n) is 6.45. The number of hydrogen-bond acceptors (Lipinski definition) is 3. The molecular weight excluding hydrogens is 274 g/mol. The Morgan fingerprint density at radius 2 is 1.82 bits per heavy atom. The molecule has 4 rings (SSSR count). The van der Waals surface area contributed by atoms with E-state index in [1.807, 2.05) is 0 Å². The lowest BCUT2D eigenvalue weighted by Gasteiger charge is -2.40. The van der Waals surface area contributed by atoms with Crippen molar-refractivity contribution in [2.24, 2.45) is 17.8 Å². The maximum Gasteiger partial charge on any atom is 0.155 e.